The van der Waals surface area contributed by atoms with Crippen LogP contribution < -0.4 is 5.73 Å². The zero-order valence-corrected chi connectivity index (χ0v) is 7.92. The van der Waals surface area contributed by atoms with Gasteiger partial charge < -0.3 is 15.7 Å². The fourth-order valence-electron chi connectivity index (χ4n) is 1.16. The van der Waals surface area contributed by atoms with Crippen molar-refractivity contribution in [3.8, 4) is 0 Å². The second-order valence-electron chi connectivity index (χ2n) is 2.76. The van der Waals surface area contributed by atoms with Crippen molar-refractivity contribution in [1.29, 1.82) is 0 Å². The summed E-state index contributed by atoms with van der Waals surface area (Å²) in [6, 6.07) is -0.663. The van der Waals surface area contributed by atoms with Crippen LogP contribution >= 0.6 is 11.8 Å². The molecule has 1 atom stereocenters. The van der Waals surface area contributed by atoms with E-state index in [0.717, 1.165) is 0 Å². The van der Waals surface area contributed by atoms with Gasteiger partial charge in [0, 0.05) is 18.7 Å². The number of hydrogen-bond donors (Lipinski definition) is 2. The Bertz CT molecular complexity index is 222. The standard InChI is InChI=1S/C7H12N2O3S/c8-2-1-6(10)9-4-13-3-5(9)7(11)12/h5H,1-4,8H2,(H,11,12). The van der Waals surface area contributed by atoms with Gasteiger partial charge in [-0.1, -0.05) is 0 Å². The number of nitrogens with zero attached hydrogens (tertiary/aromatic N) is 1. The molecule has 0 aromatic carbocycles. The van der Waals surface area contributed by atoms with Gasteiger partial charge in [-0.2, -0.15) is 0 Å². The summed E-state index contributed by atoms with van der Waals surface area (Å²) >= 11 is 1.46. The summed E-state index contributed by atoms with van der Waals surface area (Å²) in [5.41, 5.74) is 5.22. The van der Waals surface area contributed by atoms with Crippen LogP contribution in [0.1, 0.15) is 6.42 Å². The van der Waals surface area contributed by atoms with Crippen LogP contribution in [0.4, 0.5) is 0 Å². The van der Waals surface area contributed by atoms with Gasteiger partial charge in [0.05, 0.1) is 5.88 Å². The maximum atomic E-state index is 11.3. The number of nitrogens with two attached hydrogens (primary N) is 1. The molecule has 0 saturated carbocycles. The largest absolute Gasteiger partial charge is 0.480 e. The lowest BCUT2D eigenvalue weighted by molar-refractivity contribution is -0.147. The Balaban J connectivity index is 2.57. The van der Waals surface area contributed by atoms with Gasteiger partial charge in [0.1, 0.15) is 6.04 Å². The minimum absolute atomic E-state index is 0.167. The first-order valence-corrected chi connectivity index (χ1v) is 5.12. The van der Waals surface area contributed by atoms with E-state index in [1.165, 1.54) is 16.7 Å². The first-order valence-electron chi connectivity index (χ1n) is 3.97. The lowest BCUT2D eigenvalue weighted by Crippen LogP contribution is -2.42. The number of carbonyl (C=O) groups is 2. The zero-order chi connectivity index (χ0) is 9.84. The van der Waals surface area contributed by atoms with E-state index in [2.05, 4.69) is 0 Å². The van der Waals surface area contributed by atoms with Crippen molar-refractivity contribution in [2.24, 2.45) is 5.73 Å². The summed E-state index contributed by atoms with van der Waals surface area (Å²) in [6.07, 6.45) is 0.227. The van der Waals surface area contributed by atoms with Crippen LogP contribution in [0.25, 0.3) is 0 Å². The number of aliphatic carboxylic acids is 1. The minimum Gasteiger partial charge on any atom is -0.480 e. The van der Waals surface area contributed by atoms with E-state index in [1.54, 1.807) is 0 Å². The van der Waals surface area contributed by atoms with Crippen molar-refractivity contribution >= 4 is 23.6 Å². The van der Waals surface area contributed by atoms with Gasteiger partial charge in [-0.15, -0.1) is 11.8 Å². The van der Waals surface area contributed by atoms with Crippen molar-refractivity contribution in [2.45, 2.75) is 12.5 Å². The molecule has 0 spiro atoms. The fraction of sp³-hybridized carbons (Fsp3) is 0.714. The number of amides is 1. The highest BCUT2D eigenvalue weighted by Crippen LogP contribution is 2.21. The number of carbonyl (C=O) groups excluding carboxylic acids is 1. The lowest BCUT2D eigenvalue weighted by Gasteiger charge is -2.19. The molecule has 1 aliphatic rings. The Morgan fingerprint density at radius 3 is 2.85 bits per heavy atom. The Morgan fingerprint density at radius 2 is 2.31 bits per heavy atom. The maximum Gasteiger partial charge on any atom is 0.327 e. The molecule has 0 aromatic heterocycles. The first-order chi connectivity index (χ1) is 6.16. The molecule has 1 aliphatic heterocycles. The van der Waals surface area contributed by atoms with E-state index in [9.17, 15) is 9.59 Å². The highest BCUT2D eigenvalue weighted by atomic mass is 32.2. The summed E-state index contributed by atoms with van der Waals surface area (Å²) < 4.78 is 0. The molecule has 3 N–H and O–H groups in total. The highest BCUT2D eigenvalue weighted by molar-refractivity contribution is 7.99. The molecule has 1 heterocycles. The number of thioether (sulfide) groups is 1. The molecule has 1 unspecified atom stereocenters. The van der Waals surface area contributed by atoms with Crippen molar-refractivity contribution in [3.63, 3.8) is 0 Å². The van der Waals surface area contributed by atoms with Crippen molar-refractivity contribution in [2.75, 3.05) is 18.2 Å². The smallest absolute Gasteiger partial charge is 0.327 e. The first kappa shape index (κ1) is 10.3. The third kappa shape index (κ3) is 2.35. The van der Waals surface area contributed by atoms with Crippen LogP contribution in [0.5, 0.6) is 0 Å². The lowest BCUT2D eigenvalue weighted by atomic mass is 10.2. The Kier molecular flexibility index (Phi) is 3.56. The summed E-state index contributed by atoms with van der Waals surface area (Å²) in [7, 11) is 0. The van der Waals surface area contributed by atoms with Gasteiger partial charge in [-0.05, 0) is 0 Å². The summed E-state index contributed by atoms with van der Waals surface area (Å²) in [6.45, 7) is 0.270. The Hall–Kier alpha value is -0.750. The molecule has 1 rings (SSSR count). The van der Waals surface area contributed by atoms with Crippen LogP contribution in [-0.2, 0) is 9.59 Å². The predicted octanol–water partition coefficient (Wildman–Crippen LogP) is -0.679. The van der Waals surface area contributed by atoms with E-state index in [1.807, 2.05) is 0 Å². The van der Waals surface area contributed by atoms with Crippen LogP contribution in [0, 0.1) is 0 Å². The highest BCUT2D eigenvalue weighted by Gasteiger charge is 2.33. The second kappa shape index (κ2) is 4.48. The normalized spacial score (nSPS) is 21.9. The Labute approximate surface area is 80.3 Å². The van der Waals surface area contributed by atoms with Crippen molar-refractivity contribution in [3.05, 3.63) is 0 Å². The molecule has 13 heavy (non-hydrogen) atoms. The number of carboxylic acids is 1. The summed E-state index contributed by atoms with van der Waals surface area (Å²) in [4.78, 5) is 23.4. The SMILES string of the molecule is NCCC(=O)N1CSCC1C(=O)O. The molecule has 0 bridgehead atoms. The molecule has 0 aromatic rings. The second-order valence-corrected chi connectivity index (χ2v) is 3.76. The van der Waals surface area contributed by atoms with Crippen LogP contribution in [0.2, 0.25) is 0 Å². The van der Waals surface area contributed by atoms with E-state index in [0.29, 0.717) is 11.6 Å². The van der Waals surface area contributed by atoms with Crippen molar-refractivity contribution in [1.82, 2.24) is 4.90 Å². The third-order valence-electron chi connectivity index (χ3n) is 1.85. The average Bonchev–Trinajstić information content (AvgIpc) is 2.52. The molecular formula is C7H12N2O3S. The number of hydrogen-bond acceptors (Lipinski definition) is 4. The molecule has 5 nitrogen and oxygen atoms in total. The van der Waals surface area contributed by atoms with E-state index in [-0.39, 0.29) is 18.9 Å². The van der Waals surface area contributed by atoms with E-state index >= 15 is 0 Å². The predicted molar refractivity (Wildman–Crippen MR) is 49.3 cm³/mol. The summed E-state index contributed by atoms with van der Waals surface area (Å²) in [5, 5.41) is 8.76. The molecule has 6 heteroatoms. The van der Waals surface area contributed by atoms with Gasteiger partial charge >= 0.3 is 5.97 Å². The molecule has 1 amide bonds. The third-order valence-corrected chi connectivity index (χ3v) is 2.86. The van der Waals surface area contributed by atoms with Gasteiger partial charge in [0.2, 0.25) is 5.91 Å². The summed E-state index contributed by atoms with van der Waals surface area (Å²) in [5.74, 6) is -0.156. The molecular weight excluding hydrogens is 192 g/mol. The molecule has 0 aliphatic carbocycles. The number of carboxylic acid groups (broad SMARTS) is 1. The molecule has 0 radical (unpaired) electrons. The topological polar surface area (TPSA) is 83.6 Å². The van der Waals surface area contributed by atoms with Gasteiger partial charge in [0.15, 0.2) is 0 Å². The number of rotatable bonds is 3. The average molecular weight is 204 g/mol. The van der Waals surface area contributed by atoms with Crippen molar-refractivity contribution < 1.29 is 14.7 Å². The monoisotopic (exact) mass is 204 g/mol. The van der Waals surface area contributed by atoms with Crippen LogP contribution in [0.15, 0.2) is 0 Å². The van der Waals surface area contributed by atoms with E-state index in [4.69, 9.17) is 10.8 Å². The fourth-order valence-corrected chi connectivity index (χ4v) is 2.33. The Morgan fingerprint density at radius 1 is 1.62 bits per heavy atom. The van der Waals surface area contributed by atoms with E-state index < -0.39 is 12.0 Å². The van der Waals surface area contributed by atoms with Crippen LogP contribution in [-0.4, -0.2) is 46.1 Å². The van der Waals surface area contributed by atoms with Gasteiger partial charge in [0.25, 0.3) is 0 Å². The molecule has 1 saturated heterocycles. The molecule has 1 fully saturated rings. The molecule has 74 valence electrons. The maximum absolute atomic E-state index is 11.3. The van der Waals surface area contributed by atoms with Gasteiger partial charge in [-0.3, -0.25) is 4.79 Å². The van der Waals surface area contributed by atoms with Gasteiger partial charge in [-0.25, -0.2) is 4.79 Å². The zero-order valence-electron chi connectivity index (χ0n) is 7.10. The quantitative estimate of drug-likeness (QED) is 0.636. The van der Waals surface area contributed by atoms with Crippen LogP contribution in [0.3, 0.4) is 0 Å². The minimum atomic E-state index is -0.935.